The van der Waals surface area contributed by atoms with Gasteiger partial charge in [-0.05, 0) is 30.9 Å². The van der Waals surface area contributed by atoms with Gasteiger partial charge in [-0.1, -0.05) is 60.7 Å². The molecule has 0 radical (unpaired) electrons. The smallest absolute Gasteiger partial charge is 0.308 e. The average Bonchev–Trinajstić information content (AvgIpc) is 2.79. The highest BCUT2D eigenvalue weighted by molar-refractivity contribution is 5.70. The van der Waals surface area contributed by atoms with E-state index in [1.165, 1.54) is 0 Å². The fourth-order valence-electron chi connectivity index (χ4n) is 3.65. The van der Waals surface area contributed by atoms with Crippen molar-refractivity contribution in [2.45, 2.75) is 63.8 Å². The molecular formula is C25H32O6. The molecule has 1 fully saturated rings. The fraction of sp³-hybridized carbons (Fsp3) is 0.480. The predicted molar refractivity (Wildman–Crippen MR) is 116 cm³/mol. The second-order valence-electron chi connectivity index (χ2n) is 7.70. The molecule has 6 nitrogen and oxygen atoms in total. The van der Waals surface area contributed by atoms with E-state index in [0.29, 0.717) is 39.3 Å². The summed E-state index contributed by atoms with van der Waals surface area (Å²) in [7, 11) is 0. The van der Waals surface area contributed by atoms with E-state index < -0.39 is 12.2 Å². The highest BCUT2D eigenvalue weighted by Crippen LogP contribution is 2.26. The molecule has 1 heterocycles. The summed E-state index contributed by atoms with van der Waals surface area (Å²) in [6, 6.07) is 19.9. The SMILES string of the molecule is CCOC(=O)C[C@H]1O[C@@H]([C@@H](COCc2ccccc2)OCc2ccccc2)CC[C@@H]1O. The van der Waals surface area contributed by atoms with Gasteiger partial charge in [-0.3, -0.25) is 4.79 Å². The number of hydrogen-bond donors (Lipinski definition) is 1. The van der Waals surface area contributed by atoms with Gasteiger partial charge in [-0.25, -0.2) is 0 Å². The van der Waals surface area contributed by atoms with Crippen LogP contribution in [0.1, 0.15) is 37.3 Å². The van der Waals surface area contributed by atoms with Gasteiger partial charge in [0.25, 0.3) is 0 Å². The van der Waals surface area contributed by atoms with E-state index in [1.807, 2.05) is 60.7 Å². The molecule has 0 aliphatic carbocycles. The summed E-state index contributed by atoms with van der Waals surface area (Å²) in [6.07, 6.45) is -0.687. The second kappa shape index (κ2) is 12.6. The van der Waals surface area contributed by atoms with Crippen LogP contribution in [0.25, 0.3) is 0 Å². The molecule has 31 heavy (non-hydrogen) atoms. The molecule has 0 unspecified atom stereocenters. The lowest BCUT2D eigenvalue weighted by molar-refractivity contribution is -0.186. The van der Waals surface area contributed by atoms with Gasteiger partial charge in [-0.15, -0.1) is 0 Å². The first-order valence-electron chi connectivity index (χ1n) is 10.9. The summed E-state index contributed by atoms with van der Waals surface area (Å²) in [5.74, 6) is -0.366. The largest absolute Gasteiger partial charge is 0.466 e. The van der Waals surface area contributed by atoms with E-state index in [-0.39, 0.29) is 24.6 Å². The topological polar surface area (TPSA) is 74.2 Å². The van der Waals surface area contributed by atoms with Crippen LogP contribution in [0, 0.1) is 0 Å². The maximum absolute atomic E-state index is 11.9. The normalized spacial score (nSPS) is 22.1. The van der Waals surface area contributed by atoms with Crippen molar-refractivity contribution in [1.82, 2.24) is 0 Å². The summed E-state index contributed by atoms with van der Waals surface area (Å²) in [5, 5.41) is 10.3. The molecule has 168 valence electrons. The number of rotatable bonds is 11. The third kappa shape index (κ3) is 7.74. The number of hydrogen-bond acceptors (Lipinski definition) is 6. The fourth-order valence-corrected chi connectivity index (χ4v) is 3.65. The Labute approximate surface area is 184 Å². The van der Waals surface area contributed by atoms with Gasteiger partial charge in [0.2, 0.25) is 0 Å². The molecule has 4 atom stereocenters. The first kappa shape index (κ1) is 23.4. The predicted octanol–water partition coefficient (Wildman–Crippen LogP) is 3.65. The lowest BCUT2D eigenvalue weighted by atomic mass is 9.96. The summed E-state index contributed by atoms with van der Waals surface area (Å²) >= 11 is 0. The van der Waals surface area contributed by atoms with Crippen molar-refractivity contribution in [1.29, 1.82) is 0 Å². The molecule has 1 aliphatic rings. The third-order valence-corrected chi connectivity index (χ3v) is 5.31. The molecule has 3 rings (SSSR count). The maximum Gasteiger partial charge on any atom is 0.308 e. The van der Waals surface area contributed by atoms with Crippen molar-refractivity contribution in [3.8, 4) is 0 Å². The van der Waals surface area contributed by atoms with E-state index in [9.17, 15) is 9.90 Å². The van der Waals surface area contributed by atoms with Crippen LogP contribution in [0.15, 0.2) is 60.7 Å². The van der Waals surface area contributed by atoms with Gasteiger partial charge in [0, 0.05) is 0 Å². The van der Waals surface area contributed by atoms with Crippen LogP contribution in [0.2, 0.25) is 0 Å². The molecule has 0 aromatic heterocycles. The molecule has 1 aliphatic heterocycles. The van der Waals surface area contributed by atoms with Gasteiger partial charge in [0.15, 0.2) is 0 Å². The van der Waals surface area contributed by atoms with Crippen molar-refractivity contribution < 1.29 is 28.8 Å². The summed E-state index contributed by atoms with van der Waals surface area (Å²) in [4.78, 5) is 11.9. The van der Waals surface area contributed by atoms with Crippen LogP contribution >= 0.6 is 0 Å². The molecular weight excluding hydrogens is 396 g/mol. The van der Waals surface area contributed by atoms with Crippen LogP contribution in [-0.2, 0) is 37.0 Å². The Balaban J connectivity index is 1.61. The minimum Gasteiger partial charge on any atom is -0.466 e. The van der Waals surface area contributed by atoms with E-state index >= 15 is 0 Å². The highest BCUT2D eigenvalue weighted by Gasteiger charge is 2.36. The van der Waals surface area contributed by atoms with Crippen molar-refractivity contribution in [3.05, 3.63) is 71.8 Å². The minimum absolute atomic E-state index is 0.0295. The number of ether oxygens (including phenoxy) is 4. The average molecular weight is 429 g/mol. The summed E-state index contributed by atoms with van der Waals surface area (Å²) in [5.41, 5.74) is 2.15. The van der Waals surface area contributed by atoms with Crippen molar-refractivity contribution in [3.63, 3.8) is 0 Å². The van der Waals surface area contributed by atoms with Crippen molar-refractivity contribution >= 4 is 5.97 Å². The van der Waals surface area contributed by atoms with Crippen LogP contribution in [-0.4, -0.2) is 48.7 Å². The highest BCUT2D eigenvalue weighted by atomic mass is 16.6. The zero-order chi connectivity index (χ0) is 21.9. The van der Waals surface area contributed by atoms with Crippen molar-refractivity contribution in [2.24, 2.45) is 0 Å². The third-order valence-electron chi connectivity index (χ3n) is 5.31. The van der Waals surface area contributed by atoms with Gasteiger partial charge in [-0.2, -0.15) is 0 Å². The summed E-state index contributed by atoms with van der Waals surface area (Å²) < 4.78 is 23.3. The van der Waals surface area contributed by atoms with Crippen LogP contribution < -0.4 is 0 Å². The number of carbonyl (C=O) groups is 1. The zero-order valence-electron chi connectivity index (χ0n) is 18.0. The molecule has 2 aromatic carbocycles. The van der Waals surface area contributed by atoms with Crippen LogP contribution in [0.3, 0.4) is 0 Å². The maximum atomic E-state index is 11.9. The first-order chi connectivity index (χ1) is 15.2. The van der Waals surface area contributed by atoms with E-state index in [2.05, 4.69) is 0 Å². The Morgan fingerprint density at radius 1 is 1.03 bits per heavy atom. The van der Waals surface area contributed by atoms with Crippen LogP contribution in [0.5, 0.6) is 0 Å². The minimum atomic E-state index is -0.694. The monoisotopic (exact) mass is 428 g/mol. The number of aliphatic hydroxyl groups is 1. The molecule has 0 spiro atoms. The quantitative estimate of drug-likeness (QED) is 0.551. The molecule has 0 bridgehead atoms. The lowest BCUT2D eigenvalue weighted by Gasteiger charge is -2.37. The van der Waals surface area contributed by atoms with E-state index in [1.54, 1.807) is 6.92 Å². The second-order valence-corrected chi connectivity index (χ2v) is 7.70. The lowest BCUT2D eigenvalue weighted by Crippen LogP contribution is -2.47. The Kier molecular flexibility index (Phi) is 9.49. The van der Waals surface area contributed by atoms with Crippen molar-refractivity contribution in [2.75, 3.05) is 13.2 Å². The number of esters is 1. The van der Waals surface area contributed by atoms with Crippen LogP contribution in [0.4, 0.5) is 0 Å². The first-order valence-corrected chi connectivity index (χ1v) is 10.9. The number of benzene rings is 2. The van der Waals surface area contributed by atoms with Gasteiger partial charge < -0.3 is 24.1 Å². The standard InChI is InChI=1S/C25H32O6/c1-2-29-25(27)15-23-21(26)13-14-22(31-23)24(30-17-20-11-7-4-8-12-20)18-28-16-19-9-5-3-6-10-19/h3-12,21-24,26H,2,13-18H2,1H3/t21-,22+,23+,24+/m0/s1. The zero-order valence-corrected chi connectivity index (χ0v) is 18.0. The molecule has 0 saturated carbocycles. The Morgan fingerprint density at radius 2 is 1.68 bits per heavy atom. The van der Waals surface area contributed by atoms with Gasteiger partial charge >= 0.3 is 5.97 Å². The molecule has 2 aromatic rings. The molecule has 6 heteroatoms. The molecule has 0 amide bonds. The Bertz CT molecular complexity index is 766. The van der Waals surface area contributed by atoms with Gasteiger partial charge in [0.05, 0.1) is 51.2 Å². The van der Waals surface area contributed by atoms with E-state index in [0.717, 1.165) is 11.1 Å². The molecule has 1 saturated heterocycles. The number of carbonyl (C=O) groups excluding carboxylic acids is 1. The van der Waals surface area contributed by atoms with Gasteiger partial charge in [0.1, 0.15) is 6.10 Å². The number of aliphatic hydroxyl groups excluding tert-OH is 1. The Morgan fingerprint density at radius 3 is 2.32 bits per heavy atom. The Hall–Kier alpha value is -2.25. The molecule has 1 N–H and O–H groups in total. The summed E-state index contributed by atoms with van der Waals surface area (Å²) in [6.45, 7) is 3.34. The van der Waals surface area contributed by atoms with E-state index in [4.69, 9.17) is 18.9 Å².